The Labute approximate surface area is 122 Å². The van der Waals surface area contributed by atoms with Crippen molar-refractivity contribution in [3.05, 3.63) is 0 Å². The number of oxime groups is 2. The van der Waals surface area contributed by atoms with Gasteiger partial charge in [0.15, 0.2) is 0 Å². The van der Waals surface area contributed by atoms with Crippen molar-refractivity contribution < 1.29 is 20.0 Å². The maximum absolute atomic E-state index is 10.9. The SMILES string of the molecule is O=C(/C=N\O)NCCNCCCNCCNC(=O)/C=N\O. The van der Waals surface area contributed by atoms with Crippen molar-refractivity contribution in [3.8, 4) is 0 Å². The summed E-state index contributed by atoms with van der Waals surface area (Å²) in [6.07, 6.45) is 2.50. The Kier molecular flexibility index (Phi) is 12.7. The summed E-state index contributed by atoms with van der Waals surface area (Å²) in [5, 5.41) is 32.7. The Hall–Kier alpha value is -2.20. The third kappa shape index (κ3) is 14.0. The minimum atomic E-state index is -0.436. The zero-order valence-corrected chi connectivity index (χ0v) is 11.7. The summed E-state index contributed by atoms with van der Waals surface area (Å²) in [4.78, 5) is 21.7. The maximum Gasteiger partial charge on any atom is 0.265 e. The van der Waals surface area contributed by atoms with E-state index in [-0.39, 0.29) is 0 Å². The molecule has 0 aromatic heterocycles. The summed E-state index contributed by atoms with van der Waals surface area (Å²) in [5.74, 6) is -0.872. The molecule has 21 heavy (non-hydrogen) atoms. The molecule has 0 radical (unpaired) electrons. The van der Waals surface area contributed by atoms with Crippen LogP contribution in [0.2, 0.25) is 0 Å². The summed E-state index contributed by atoms with van der Waals surface area (Å²) < 4.78 is 0. The molecule has 10 nitrogen and oxygen atoms in total. The maximum atomic E-state index is 10.9. The second-order valence-corrected chi connectivity index (χ2v) is 3.92. The Bertz CT molecular complexity index is 316. The zero-order valence-electron chi connectivity index (χ0n) is 11.7. The predicted octanol–water partition coefficient (Wildman–Crippen LogP) is -2.29. The van der Waals surface area contributed by atoms with Crippen LogP contribution in [0, 0.1) is 0 Å². The minimum Gasteiger partial charge on any atom is -0.411 e. The molecule has 0 rings (SSSR count). The molecule has 0 heterocycles. The molecule has 0 spiro atoms. The van der Waals surface area contributed by atoms with Crippen LogP contribution in [-0.2, 0) is 9.59 Å². The van der Waals surface area contributed by atoms with Crippen LogP contribution < -0.4 is 21.3 Å². The zero-order chi connectivity index (χ0) is 15.8. The first-order valence-corrected chi connectivity index (χ1v) is 6.52. The standard InChI is InChI=1S/C11H22N6O4/c18-10(8-16-20)14-6-4-12-2-1-3-13-5-7-15-11(19)9-17-21/h8-9,12-13,20-21H,1-7H2,(H,14,18)(H,15,19)/b16-8-,17-9-. The molecule has 0 aliphatic heterocycles. The molecule has 0 aromatic rings. The highest BCUT2D eigenvalue weighted by Gasteiger charge is 1.96. The lowest BCUT2D eigenvalue weighted by Gasteiger charge is -2.07. The van der Waals surface area contributed by atoms with E-state index in [0.717, 1.165) is 31.9 Å². The van der Waals surface area contributed by atoms with Gasteiger partial charge in [0.2, 0.25) is 0 Å². The van der Waals surface area contributed by atoms with E-state index in [2.05, 4.69) is 31.6 Å². The first-order valence-electron chi connectivity index (χ1n) is 6.52. The van der Waals surface area contributed by atoms with Gasteiger partial charge in [0.1, 0.15) is 12.4 Å². The first kappa shape index (κ1) is 18.8. The Morgan fingerprint density at radius 2 is 1.19 bits per heavy atom. The molecule has 120 valence electrons. The number of rotatable bonds is 12. The lowest BCUT2D eigenvalue weighted by molar-refractivity contribution is -0.115. The molecule has 0 aliphatic rings. The van der Waals surface area contributed by atoms with Crippen molar-refractivity contribution in [3.63, 3.8) is 0 Å². The average Bonchev–Trinajstić information content (AvgIpc) is 2.45. The van der Waals surface area contributed by atoms with E-state index in [1.54, 1.807) is 0 Å². The topological polar surface area (TPSA) is 147 Å². The van der Waals surface area contributed by atoms with Gasteiger partial charge in [0, 0.05) is 26.2 Å². The molecule has 0 aromatic carbocycles. The summed E-state index contributed by atoms with van der Waals surface area (Å²) in [7, 11) is 0. The number of nitrogens with one attached hydrogen (secondary N) is 4. The smallest absolute Gasteiger partial charge is 0.265 e. The van der Waals surface area contributed by atoms with Gasteiger partial charge in [-0.05, 0) is 19.5 Å². The third-order valence-corrected chi connectivity index (χ3v) is 2.26. The molecule has 0 atom stereocenters. The fraction of sp³-hybridized carbons (Fsp3) is 0.636. The fourth-order valence-corrected chi connectivity index (χ4v) is 1.33. The highest BCUT2D eigenvalue weighted by atomic mass is 16.4. The molecule has 0 aliphatic carbocycles. The molecule has 0 saturated carbocycles. The van der Waals surface area contributed by atoms with Crippen LogP contribution in [0.15, 0.2) is 10.3 Å². The number of hydrogen-bond donors (Lipinski definition) is 6. The van der Waals surface area contributed by atoms with Crippen LogP contribution in [0.4, 0.5) is 0 Å². The predicted molar refractivity (Wildman–Crippen MR) is 76.9 cm³/mol. The monoisotopic (exact) mass is 302 g/mol. The molecule has 2 amide bonds. The molecular formula is C11H22N6O4. The van der Waals surface area contributed by atoms with Gasteiger partial charge >= 0.3 is 0 Å². The van der Waals surface area contributed by atoms with Crippen LogP contribution >= 0.6 is 0 Å². The van der Waals surface area contributed by atoms with E-state index in [1.807, 2.05) is 0 Å². The van der Waals surface area contributed by atoms with Crippen LogP contribution in [0.5, 0.6) is 0 Å². The van der Waals surface area contributed by atoms with Gasteiger partial charge in [-0.1, -0.05) is 10.3 Å². The van der Waals surface area contributed by atoms with Crippen LogP contribution in [0.1, 0.15) is 6.42 Å². The minimum absolute atomic E-state index is 0.436. The van der Waals surface area contributed by atoms with Gasteiger partial charge in [0.25, 0.3) is 11.8 Å². The number of hydrogen-bond acceptors (Lipinski definition) is 8. The van der Waals surface area contributed by atoms with Crippen molar-refractivity contribution in [2.75, 3.05) is 39.3 Å². The van der Waals surface area contributed by atoms with Gasteiger partial charge < -0.3 is 31.7 Å². The number of carbonyl (C=O) groups is 2. The number of carbonyl (C=O) groups excluding carboxylic acids is 2. The van der Waals surface area contributed by atoms with E-state index >= 15 is 0 Å². The molecule has 6 N–H and O–H groups in total. The molecule has 0 fully saturated rings. The molecule has 0 saturated heterocycles. The van der Waals surface area contributed by atoms with Crippen molar-refractivity contribution in [2.45, 2.75) is 6.42 Å². The summed E-state index contributed by atoms with van der Waals surface area (Å²) >= 11 is 0. The number of amides is 2. The highest BCUT2D eigenvalue weighted by molar-refractivity contribution is 6.26. The summed E-state index contributed by atoms with van der Waals surface area (Å²) in [6, 6.07) is 0. The van der Waals surface area contributed by atoms with E-state index in [1.165, 1.54) is 0 Å². The lowest BCUT2D eigenvalue weighted by atomic mass is 10.4. The van der Waals surface area contributed by atoms with Gasteiger partial charge in [0.05, 0.1) is 0 Å². The molecule has 0 unspecified atom stereocenters. The van der Waals surface area contributed by atoms with Crippen LogP contribution in [0.3, 0.4) is 0 Å². The highest BCUT2D eigenvalue weighted by Crippen LogP contribution is 1.73. The van der Waals surface area contributed by atoms with Crippen LogP contribution in [-0.4, -0.2) is 73.9 Å². The lowest BCUT2D eigenvalue weighted by Crippen LogP contribution is -2.34. The quantitative estimate of drug-likeness (QED) is 0.103. The van der Waals surface area contributed by atoms with E-state index < -0.39 is 11.8 Å². The Balaban J connectivity index is 3.19. The van der Waals surface area contributed by atoms with Gasteiger partial charge in [-0.2, -0.15) is 0 Å². The van der Waals surface area contributed by atoms with Gasteiger partial charge in [-0.15, -0.1) is 0 Å². The Morgan fingerprint density at radius 3 is 1.57 bits per heavy atom. The van der Waals surface area contributed by atoms with E-state index in [0.29, 0.717) is 26.2 Å². The van der Waals surface area contributed by atoms with Gasteiger partial charge in [-0.25, -0.2) is 0 Å². The van der Waals surface area contributed by atoms with Crippen molar-refractivity contribution >= 4 is 24.2 Å². The molecule has 10 heteroatoms. The second-order valence-electron chi connectivity index (χ2n) is 3.92. The second kappa shape index (κ2) is 14.2. The van der Waals surface area contributed by atoms with E-state index in [4.69, 9.17) is 10.4 Å². The molecule has 0 bridgehead atoms. The van der Waals surface area contributed by atoms with Crippen LogP contribution in [0.25, 0.3) is 0 Å². The largest absolute Gasteiger partial charge is 0.411 e. The first-order chi connectivity index (χ1) is 10.2. The van der Waals surface area contributed by atoms with Crippen molar-refractivity contribution in [1.29, 1.82) is 0 Å². The van der Waals surface area contributed by atoms with Gasteiger partial charge in [-0.3, -0.25) is 9.59 Å². The third-order valence-electron chi connectivity index (χ3n) is 2.26. The Morgan fingerprint density at radius 1 is 0.762 bits per heavy atom. The van der Waals surface area contributed by atoms with Crippen molar-refractivity contribution in [2.24, 2.45) is 10.3 Å². The molecular weight excluding hydrogens is 280 g/mol. The van der Waals surface area contributed by atoms with Crippen molar-refractivity contribution in [1.82, 2.24) is 21.3 Å². The summed E-state index contributed by atoms with van der Waals surface area (Å²) in [6.45, 7) is 3.75. The van der Waals surface area contributed by atoms with E-state index in [9.17, 15) is 9.59 Å². The fourth-order valence-electron chi connectivity index (χ4n) is 1.33. The normalized spacial score (nSPS) is 11.0. The average molecular weight is 302 g/mol. The summed E-state index contributed by atoms with van der Waals surface area (Å²) in [5.41, 5.74) is 0. The number of nitrogens with zero attached hydrogens (tertiary/aromatic N) is 2.